The van der Waals surface area contributed by atoms with Gasteiger partial charge in [0, 0.05) is 18.9 Å². The molecule has 2 unspecified atom stereocenters. The number of nitrogens with zero attached hydrogens (tertiary/aromatic N) is 1. The van der Waals surface area contributed by atoms with Crippen LogP contribution in [0.4, 0.5) is 4.79 Å². The third-order valence-electron chi connectivity index (χ3n) is 7.63. The van der Waals surface area contributed by atoms with Gasteiger partial charge in [-0.3, -0.25) is 4.79 Å². The van der Waals surface area contributed by atoms with Crippen LogP contribution in [0.3, 0.4) is 0 Å². The van der Waals surface area contributed by atoms with Crippen molar-refractivity contribution in [2.45, 2.75) is 62.1 Å². The zero-order valence-corrected chi connectivity index (χ0v) is 19.5. The van der Waals surface area contributed by atoms with Gasteiger partial charge in [0.25, 0.3) is 0 Å². The zero-order valence-electron chi connectivity index (χ0n) is 19.5. The molecular weight excluding hydrogens is 448 g/mol. The molecule has 35 heavy (non-hydrogen) atoms. The van der Waals surface area contributed by atoms with E-state index in [9.17, 15) is 24.6 Å². The first kappa shape index (κ1) is 23.4. The number of ether oxygens (including phenoxy) is 1. The lowest BCUT2D eigenvalue weighted by Gasteiger charge is -2.40. The molecule has 1 aliphatic heterocycles. The predicted molar refractivity (Wildman–Crippen MR) is 128 cm³/mol. The molecule has 1 saturated heterocycles. The van der Waals surface area contributed by atoms with Crippen LogP contribution in [0.1, 0.15) is 55.6 Å². The Balaban J connectivity index is 1.32. The summed E-state index contributed by atoms with van der Waals surface area (Å²) < 4.78 is 5.69. The summed E-state index contributed by atoms with van der Waals surface area (Å²) in [6.07, 6.45) is 1.65. The Morgan fingerprint density at radius 2 is 1.57 bits per heavy atom. The van der Waals surface area contributed by atoms with E-state index < -0.39 is 35.7 Å². The largest absolute Gasteiger partial charge is 0.480 e. The number of fused-ring (bicyclic) bond motifs is 3. The number of carbonyl (C=O) groups is 3. The third kappa shape index (κ3) is 4.27. The van der Waals surface area contributed by atoms with E-state index in [1.165, 1.54) is 4.90 Å². The molecule has 3 aliphatic rings. The molecule has 3 N–H and O–H groups in total. The average Bonchev–Trinajstić information content (AvgIpc) is 3.41. The van der Waals surface area contributed by atoms with E-state index in [2.05, 4.69) is 17.4 Å². The summed E-state index contributed by atoms with van der Waals surface area (Å²) in [5.74, 6) is -1.70. The fraction of sp³-hybridized carbons (Fsp3) is 0.444. The first-order valence-corrected chi connectivity index (χ1v) is 12.2. The van der Waals surface area contributed by atoms with Crippen LogP contribution in [0.2, 0.25) is 0 Å². The number of nitrogens with one attached hydrogen (secondary N) is 1. The van der Waals surface area contributed by atoms with Crippen LogP contribution < -0.4 is 5.32 Å². The van der Waals surface area contributed by atoms with Crippen molar-refractivity contribution in [3.8, 4) is 11.1 Å². The summed E-state index contributed by atoms with van der Waals surface area (Å²) in [5.41, 5.74) is 3.23. The maximum absolute atomic E-state index is 13.6. The van der Waals surface area contributed by atoms with E-state index in [0.717, 1.165) is 41.5 Å². The van der Waals surface area contributed by atoms with Crippen LogP contribution in [0, 0.1) is 0 Å². The molecule has 2 aromatic rings. The lowest BCUT2D eigenvalue weighted by molar-refractivity contribution is -0.151. The van der Waals surface area contributed by atoms with Crippen LogP contribution in [0.15, 0.2) is 48.5 Å². The minimum atomic E-state index is -1.22. The molecule has 0 radical (unpaired) electrons. The van der Waals surface area contributed by atoms with E-state index >= 15 is 0 Å². The van der Waals surface area contributed by atoms with Crippen LogP contribution >= 0.6 is 0 Å². The molecule has 8 heteroatoms. The SMILES string of the molecule is O=C(NC1(C(=O)N2CC(O)CC2C(=O)O)CCCCC1)OCC1c2ccccc2-c2ccccc21. The quantitative estimate of drug-likeness (QED) is 0.607. The highest BCUT2D eigenvalue weighted by Gasteiger charge is 2.49. The van der Waals surface area contributed by atoms with Gasteiger partial charge in [-0.25, -0.2) is 9.59 Å². The van der Waals surface area contributed by atoms with Gasteiger partial charge in [-0.05, 0) is 35.1 Å². The summed E-state index contributed by atoms with van der Waals surface area (Å²) >= 11 is 0. The lowest BCUT2D eigenvalue weighted by Crippen LogP contribution is -2.62. The number of carbonyl (C=O) groups excluding carboxylic acids is 2. The summed E-state index contributed by atoms with van der Waals surface area (Å²) in [4.78, 5) is 39.5. The van der Waals surface area contributed by atoms with Crippen molar-refractivity contribution in [1.82, 2.24) is 10.2 Å². The lowest BCUT2D eigenvalue weighted by atomic mass is 9.80. The van der Waals surface area contributed by atoms with Crippen molar-refractivity contribution in [3.63, 3.8) is 0 Å². The number of carboxylic acids is 1. The van der Waals surface area contributed by atoms with Gasteiger partial charge in [-0.1, -0.05) is 67.8 Å². The van der Waals surface area contributed by atoms with Crippen molar-refractivity contribution < 1.29 is 29.3 Å². The first-order valence-electron chi connectivity index (χ1n) is 12.2. The minimum Gasteiger partial charge on any atom is -0.480 e. The summed E-state index contributed by atoms with van der Waals surface area (Å²) in [6, 6.07) is 15.0. The Morgan fingerprint density at radius 1 is 0.971 bits per heavy atom. The Bertz CT molecular complexity index is 1100. The highest BCUT2D eigenvalue weighted by atomic mass is 16.5. The molecule has 2 aliphatic carbocycles. The number of aliphatic carboxylic acids is 1. The predicted octanol–water partition coefficient (Wildman–Crippen LogP) is 3.27. The van der Waals surface area contributed by atoms with Gasteiger partial charge in [-0.15, -0.1) is 0 Å². The number of β-amino-alcohol motifs (C(OH)–C–C–N with tert-alkyl or cyclic N) is 1. The number of benzene rings is 2. The van der Waals surface area contributed by atoms with Gasteiger partial charge in [0.15, 0.2) is 0 Å². The monoisotopic (exact) mass is 478 g/mol. The molecule has 0 spiro atoms. The molecule has 8 nitrogen and oxygen atoms in total. The number of rotatable bonds is 5. The topological polar surface area (TPSA) is 116 Å². The Kier molecular flexibility index (Phi) is 6.23. The smallest absolute Gasteiger partial charge is 0.408 e. The fourth-order valence-corrected chi connectivity index (χ4v) is 5.92. The molecule has 2 fully saturated rings. The van der Waals surface area contributed by atoms with Gasteiger partial charge < -0.3 is 25.2 Å². The summed E-state index contributed by atoms with van der Waals surface area (Å²) in [7, 11) is 0. The molecule has 0 bridgehead atoms. The highest BCUT2D eigenvalue weighted by Crippen LogP contribution is 2.44. The van der Waals surface area contributed by atoms with Crippen molar-refractivity contribution in [2.75, 3.05) is 13.2 Å². The molecule has 184 valence electrons. The van der Waals surface area contributed by atoms with E-state index in [4.69, 9.17) is 4.74 Å². The number of alkyl carbamates (subject to hydrolysis) is 1. The zero-order chi connectivity index (χ0) is 24.6. The van der Waals surface area contributed by atoms with Crippen LogP contribution in [0.25, 0.3) is 11.1 Å². The number of amides is 2. The van der Waals surface area contributed by atoms with Crippen molar-refractivity contribution >= 4 is 18.0 Å². The molecular formula is C27H30N2O6. The van der Waals surface area contributed by atoms with Crippen molar-refractivity contribution in [3.05, 3.63) is 59.7 Å². The highest BCUT2D eigenvalue weighted by molar-refractivity contribution is 5.93. The molecule has 2 amide bonds. The minimum absolute atomic E-state index is 0.0118. The Labute approximate surface area is 203 Å². The second-order valence-electron chi connectivity index (χ2n) is 9.79. The van der Waals surface area contributed by atoms with Crippen LogP contribution in [0.5, 0.6) is 0 Å². The molecule has 1 saturated carbocycles. The Hall–Kier alpha value is -3.39. The van der Waals surface area contributed by atoms with Gasteiger partial charge in [0.1, 0.15) is 18.2 Å². The third-order valence-corrected chi connectivity index (χ3v) is 7.63. The maximum atomic E-state index is 13.6. The second kappa shape index (κ2) is 9.34. The van der Waals surface area contributed by atoms with Crippen molar-refractivity contribution in [1.29, 1.82) is 0 Å². The number of aliphatic hydroxyl groups excluding tert-OH is 1. The Morgan fingerprint density at radius 3 is 2.17 bits per heavy atom. The number of hydrogen-bond acceptors (Lipinski definition) is 5. The van der Waals surface area contributed by atoms with E-state index in [1.807, 2.05) is 36.4 Å². The van der Waals surface area contributed by atoms with E-state index in [1.54, 1.807) is 0 Å². The van der Waals surface area contributed by atoms with Gasteiger partial charge in [-0.2, -0.15) is 0 Å². The molecule has 2 aromatic carbocycles. The molecule has 2 atom stereocenters. The fourth-order valence-electron chi connectivity index (χ4n) is 5.92. The summed E-state index contributed by atoms with van der Waals surface area (Å²) in [6.45, 7) is 0.0776. The van der Waals surface area contributed by atoms with Gasteiger partial charge in [0.2, 0.25) is 5.91 Å². The number of likely N-dealkylation sites (tertiary alicyclic amines) is 1. The van der Waals surface area contributed by atoms with E-state index in [0.29, 0.717) is 12.8 Å². The molecule has 1 heterocycles. The van der Waals surface area contributed by atoms with Crippen LogP contribution in [-0.2, 0) is 14.3 Å². The van der Waals surface area contributed by atoms with E-state index in [-0.39, 0.29) is 25.5 Å². The molecule has 5 rings (SSSR count). The number of aliphatic hydroxyl groups is 1. The first-order chi connectivity index (χ1) is 16.9. The van der Waals surface area contributed by atoms with Gasteiger partial charge >= 0.3 is 12.1 Å². The maximum Gasteiger partial charge on any atom is 0.408 e. The normalized spacial score (nSPS) is 22.8. The second-order valence-corrected chi connectivity index (χ2v) is 9.79. The number of hydrogen-bond donors (Lipinski definition) is 3. The van der Waals surface area contributed by atoms with Crippen LogP contribution in [-0.4, -0.2) is 63.9 Å². The number of carboxylic acid groups (broad SMARTS) is 1. The average molecular weight is 479 g/mol. The van der Waals surface area contributed by atoms with Gasteiger partial charge in [0.05, 0.1) is 6.10 Å². The molecule has 0 aromatic heterocycles. The van der Waals surface area contributed by atoms with Crippen molar-refractivity contribution in [2.24, 2.45) is 0 Å². The summed E-state index contributed by atoms with van der Waals surface area (Å²) in [5, 5.41) is 22.4. The standard InChI is InChI=1S/C27H30N2O6/c30-17-14-23(24(31)32)29(15-17)25(33)27(12-6-1-7-13-27)28-26(34)35-16-22-20-10-4-2-8-18(20)19-9-3-5-11-21(19)22/h2-5,8-11,17,22-23,30H,1,6-7,12-16H2,(H,28,34)(H,31,32).